The van der Waals surface area contributed by atoms with Crippen molar-refractivity contribution in [2.75, 3.05) is 6.61 Å². The smallest absolute Gasteiger partial charge is 0.137 e. The fraction of sp³-hybridized carbons (Fsp3) is 0.571. The summed E-state index contributed by atoms with van der Waals surface area (Å²) in [5.74, 6) is -1.16. The summed E-state index contributed by atoms with van der Waals surface area (Å²) >= 11 is 2.91. The topological polar surface area (TPSA) is 29.5 Å². The summed E-state index contributed by atoms with van der Waals surface area (Å²) in [6.45, 7) is 0.752. The summed E-state index contributed by atoms with van der Waals surface area (Å²) in [4.78, 5) is 0. The van der Waals surface area contributed by atoms with Gasteiger partial charge in [0, 0.05) is 12.2 Å². The van der Waals surface area contributed by atoms with Crippen molar-refractivity contribution in [1.29, 1.82) is 0 Å². The Morgan fingerprint density at radius 2 is 2.11 bits per heavy atom. The second kappa shape index (κ2) is 6.77. The number of hydrogen-bond donors (Lipinski definition) is 1. The molecule has 0 radical (unpaired) electrons. The number of aliphatic hydroxyl groups excluding tert-OH is 1. The molecule has 106 valence electrons. The van der Waals surface area contributed by atoms with E-state index in [1.54, 1.807) is 0 Å². The number of ether oxygens (including phenoxy) is 1. The third-order valence-electron chi connectivity index (χ3n) is 3.43. The van der Waals surface area contributed by atoms with Gasteiger partial charge in [-0.1, -0.05) is 0 Å². The summed E-state index contributed by atoms with van der Waals surface area (Å²) in [5, 5.41) is 9.97. The van der Waals surface area contributed by atoms with Crippen LogP contribution in [0.25, 0.3) is 0 Å². The van der Waals surface area contributed by atoms with Crippen LogP contribution in [0.1, 0.15) is 43.8 Å². The molecule has 19 heavy (non-hydrogen) atoms. The van der Waals surface area contributed by atoms with Gasteiger partial charge in [-0.2, -0.15) is 0 Å². The summed E-state index contributed by atoms with van der Waals surface area (Å²) in [6.07, 6.45) is 3.36. The van der Waals surface area contributed by atoms with Crippen LogP contribution < -0.4 is 0 Å². The van der Waals surface area contributed by atoms with Crippen molar-refractivity contribution >= 4 is 15.9 Å². The molecule has 0 bridgehead atoms. The Morgan fingerprint density at radius 3 is 2.79 bits per heavy atom. The van der Waals surface area contributed by atoms with Crippen molar-refractivity contribution in [2.24, 2.45) is 0 Å². The highest BCUT2D eigenvalue weighted by molar-refractivity contribution is 9.10. The zero-order chi connectivity index (χ0) is 13.8. The Balaban J connectivity index is 1.95. The number of hydrogen-bond acceptors (Lipinski definition) is 2. The van der Waals surface area contributed by atoms with E-state index in [0.717, 1.165) is 38.0 Å². The molecule has 2 unspecified atom stereocenters. The van der Waals surface area contributed by atoms with Crippen LogP contribution in [-0.4, -0.2) is 17.8 Å². The average molecular weight is 335 g/mol. The largest absolute Gasteiger partial charge is 0.388 e. The molecular weight excluding hydrogens is 318 g/mol. The molecule has 0 saturated carbocycles. The predicted octanol–water partition coefficient (Wildman–Crippen LogP) is 4.11. The Bertz CT molecular complexity index is 434. The first kappa shape index (κ1) is 14.9. The minimum absolute atomic E-state index is 0.0107. The third-order valence-corrected chi connectivity index (χ3v) is 4.04. The first-order valence-corrected chi connectivity index (χ1v) is 7.31. The molecule has 2 rings (SSSR count). The zero-order valence-corrected chi connectivity index (χ0v) is 12.1. The van der Waals surface area contributed by atoms with Crippen LogP contribution in [0.3, 0.4) is 0 Å². The molecule has 0 amide bonds. The van der Waals surface area contributed by atoms with Crippen LogP contribution in [-0.2, 0) is 4.74 Å². The van der Waals surface area contributed by atoms with Crippen molar-refractivity contribution in [1.82, 2.24) is 0 Å². The lowest BCUT2D eigenvalue weighted by Crippen LogP contribution is -2.19. The molecular formula is C14H17BrF2O2. The number of aliphatic hydroxyl groups is 1. The Hall–Kier alpha value is -0.520. The second-order valence-corrected chi connectivity index (χ2v) is 5.72. The number of rotatable bonds is 4. The van der Waals surface area contributed by atoms with E-state index in [-0.39, 0.29) is 16.1 Å². The Morgan fingerprint density at radius 1 is 1.32 bits per heavy atom. The molecule has 1 N–H and O–H groups in total. The second-order valence-electron chi connectivity index (χ2n) is 4.87. The van der Waals surface area contributed by atoms with Crippen molar-refractivity contribution in [3.05, 3.63) is 33.8 Å². The van der Waals surface area contributed by atoms with Crippen LogP contribution in [0.4, 0.5) is 8.78 Å². The zero-order valence-electron chi connectivity index (χ0n) is 10.5. The summed E-state index contributed by atoms with van der Waals surface area (Å²) < 4.78 is 32.6. The fourth-order valence-corrected chi connectivity index (χ4v) is 2.64. The minimum Gasteiger partial charge on any atom is -0.388 e. The highest BCUT2D eigenvalue weighted by Gasteiger charge is 2.19. The standard InChI is InChI=1S/C14H17BrF2O2/c15-11-8-12(16)10(7-13(11)17)14(18)5-4-9-3-1-2-6-19-9/h7-9,14,18H,1-6H2. The van der Waals surface area contributed by atoms with E-state index in [1.165, 1.54) is 0 Å². The molecule has 2 nitrogen and oxygen atoms in total. The van der Waals surface area contributed by atoms with Gasteiger partial charge in [0.1, 0.15) is 11.6 Å². The van der Waals surface area contributed by atoms with Gasteiger partial charge in [0.15, 0.2) is 0 Å². The normalized spacial score (nSPS) is 21.4. The lowest BCUT2D eigenvalue weighted by atomic mass is 9.99. The molecule has 1 aromatic carbocycles. The maximum absolute atomic E-state index is 13.7. The van der Waals surface area contributed by atoms with E-state index in [2.05, 4.69) is 15.9 Å². The highest BCUT2D eigenvalue weighted by atomic mass is 79.9. The molecule has 0 aliphatic carbocycles. The molecule has 1 saturated heterocycles. The van der Waals surface area contributed by atoms with E-state index in [1.807, 2.05) is 0 Å². The van der Waals surface area contributed by atoms with Gasteiger partial charge in [0.25, 0.3) is 0 Å². The minimum atomic E-state index is -0.992. The maximum Gasteiger partial charge on any atom is 0.137 e. The van der Waals surface area contributed by atoms with E-state index in [9.17, 15) is 13.9 Å². The molecule has 0 aromatic heterocycles. The number of benzene rings is 1. The summed E-state index contributed by atoms with van der Waals surface area (Å²) in [6, 6.07) is 2.09. The van der Waals surface area contributed by atoms with Crippen LogP contribution >= 0.6 is 15.9 Å². The van der Waals surface area contributed by atoms with Crippen LogP contribution in [0.15, 0.2) is 16.6 Å². The van der Waals surface area contributed by atoms with Crippen molar-refractivity contribution in [3.8, 4) is 0 Å². The molecule has 1 heterocycles. The predicted molar refractivity (Wildman–Crippen MR) is 71.8 cm³/mol. The third kappa shape index (κ3) is 3.97. The van der Waals surface area contributed by atoms with Gasteiger partial charge in [-0.25, -0.2) is 8.78 Å². The molecule has 1 fully saturated rings. The van der Waals surface area contributed by atoms with Crippen LogP contribution in [0, 0.1) is 11.6 Å². The van der Waals surface area contributed by atoms with Gasteiger partial charge < -0.3 is 9.84 Å². The molecule has 0 spiro atoms. The van der Waals surface area contributed by atoms with Crippen molar-refractivity contribution in [3.63, 3.8) is 0 Å². The van der Waals surface area contributed by atoms with Gasteiger partial charge in [-0.15, -0.1) is 0 Å². The Labute approximate surface area is 119 Å². The molecule has 2 atom stereocenters. The van der Waals surface area contributed by atoms with Crippen LogP contribution in [0.2, 0.25) is 0 Å². The van der Waals surface area contributed by atoms with Crippen molar-refractivity contribution < 1.29 is 18.6 Å². The monoisotopic (exact) mass is 334 g/mol. The van der Waals surface area contributed by atoms with E-state index in [0.29, 0.717) is 12.8 Å². The van der Waals surface area contributed by atoms with E-state index < -0.39 is 17.7 Å². The van der Waals surface area contributed by atoms with Gasteiger partial charge in [0.2, 0.25) is 0 Å². The van der Waals surface area contributed by atoms with Gasteiger partial charge in [-0.3, -0.25) is 0 Å². The lowest BCUT2D eigenvalue weighted by molar-refractivity contribution is 0.00188. The highest BCUT2D eigenvalue weighted by Crippen LogP contribution is 2.28. The van der Waals surface area contributed by atoms with Gasteiger partial charge in [-0.05, 0) is 60.2 Å². The first-order chi connectivity index (χ1) is 9.08. The number of halogens is 3. The maximum atomic E-state index is 13.7. The van der Waals surface area contributed by atoms with Crippen molar-refractivity contribution in [2.45, 2.75) is 44.3 Å². The fourth-order valence-electron chi connectivity index (χ4n) is 2.33. The Kier molecular flexibility index (Phi) is 5.30. The van der Waals surface area contributed by atoms with E-state index >= 15 is 0 Å². The SMILES string of the molecule is OC(CCC1CCCCO1)c1cc(F)c(Br)cc1F. The average Bonchev–Trinajstić information content (AvgIpc) is 2.41. The quantitative estimate of drug-likeness (QED) is 0.839. The summed E-state index contributed by atoms with van der Waals surface area (Å²) in [5.41, 5.74) is 0.0107. The van der Waals surface area contributed by atoms with Gasteiger partial charge >= 0.3 is 0 Å². The van der Waals surface area contributed by atoms with Crippen LogP contribution in [0.5, 0.6) is 0 Å². The molecule has 1 aromatic rings. The van der Waals surface area contributed by atoms with Gasteiger partial charge in [0.05, 0.1) is 16.7 Å². The molecule has 5 heteroatoms. The van der Waals surface area contributed by atoms with E-state index in [4.69, 9.17) is 4.74 Å². The first-order valence-electron chi connectivity index (χ1n) is 6.52. The molecule has 1 aliphatic rings. The molecule has 1 aliphatic heterocycles. The lowest BCUT2D eigenvalue weighted by Gasteiger charge is -2.23. The summed E-state index contributed by atoms with van der Waals surface area (Å²) in [7, 11) is 0.